The molecule has 0 aliphatic heterocycles. The molecule has 0 aliphatic carbocycles. The minimum atomic E-state index is -0.204. The van der Waals surface area contributed by atoms with Crippen LogP contribution in [0.5, 0.6) is 0 Å². The van der Waals surface area contributed by atoms with Gasteiger partial charge in [0.1, 0.15) is 0 Å². The van der Waals surface area contributed by atoms with E-state index in [1.807, 2.05) is 0 Å². The van der Waals surface area contributed by atoms with Crippen molar-refractivity contribution in [2.24, 2.45) is 0 Å². The smallest absolute Gasteiger partial charge is 0.0869 e. The molecule has 0 spiro atoms. The van der Waals surface area contributed by atoms with Crippen molar-refractivity contribution in [3.05, 3.63) is 75.3 Å². The molecular weight excluding hydrogens is 762 g/mol. The van der Waals surface area contributed by atoms with Gasteiger partial charge in [0.2, 0.25) is 0 Å². The molecule has 0 radical (unpaired) electrons. The lowest BCUT2D eigenvalue weighted by atomic mass is 10.1. The van der Waals surface area contributed by atoms with Crippen LogP contribution in [0.1, 0.15) is 0 Å². The van der Waals surface area contributed by atoms with Crippen LogP contribution in [0.25, 0.3) is 0 Å². The van der Waals surface area contributed by atoms with Crippen molar-refractivity contribution < 1.29 is 0 Å². The van der Waals surface area contributed by atoms with Crippen molar-refractivity contribution in [2.45, 2.75) is 0 Å². The number of rotatable bonds is 3. The maximum absolute atomic E-state index is 6.54. The Hall–Kier alpha value is 1.81. The van der Waals surface area contributed by atoms with E-state index < -0.39 is 0 Å². The number of anilines is 3. The predicted octanol–water partition coefficient (Wildman–Crippen LogP) is 15.0. The van der Waals surface area contributed by atoms with E-state index in [9.17, 15) is 0 Å². The third-order valence-electron chi connectivity index (χ3n) is 4.23. The Kier molecular flexibility index (Phi) is 10.3. The van der Waals surface area contributed by atoms with E-state index in [1.165, 1.54) is 0 Å². The van der Waals surface area contributed by atoms with Crippen LogP contribution < -0.4 is 4.90 Å². The second kappa shape index (κ2) is 11.5. The van der Waals surface area contributed by atoms with Crippen LogP contribution in [-0.4, -0.2) is 0 Å². The fraction of sp³-hybridized carbons (Fsp3) is 0. The zero-order chi connectivity index (χ0) is 26.0. The first-order chi connectivity index (χ1) is 15.7. The van der Waals surface area contributed by atoms with E-state index in [0.29, 0.717) is 0 Å². The third kappa shape index (κ3) is 4.94. The summed E-state index contributed by atoms with van der Waals surface area (Å²) in [6.45, 7) is 0. The van der Waals surface area contributed by atoms with E-state index in [1.54, 1.807) is 0 Å². The molecule has 0 unspecified atom stereocenters. The Labute approximate surface area is 268 Å². The zero-order valence-corrected chi connectivity index (χ0v) is 26.5. The number of hydrogen-bond donors (Lipinski definition) is 0. The van der Waals surface area contributed by atoms with Gasteiger partial charge in [-0.3, -0.25) is 0 Å². The molecule has 0 bridgehead atoms. The van der Waals surface area contributed by atoms with Gasteiger partial charge in [-0.25, -0.2) is 0 Å². The molecule has 3 aromatic rings. The summed E-state index contributed by atoms with van der Waals surface area (Å²) in [4.78, 5) is 1.16. The van der Waals surface area contributed by atoms with E-state index in [-0.39, 0.29) is 92.4 Å². The number of halogens is 15. The van der Waals surface area contributed by atoms with E-state index in [2.05, 4.69) is 0 Å². The molecule has 3 rings (SSSR count). The maximum atomic E-state index is 6.54. The topological polar surface area (TPSA) is 3.24 Å². The van der Waals surface area contributed by atoms with Crippen molar-refractivity contribution in [2.75, 3.05) is 4.90 Å². The summed E-state index contributed by atoms with van der Waals surface area (Å²) in [7, 11) is 0. The van der Waals surface area contributed by atoms with Gasteiger partial charge in [0.05, 0.1) is 92.4 Å². The lowest BCUT2D eigenvalue weighted by Crippen LogP contribution is -2.15. The number of nitrogens with zero attached hydrogens (tertiary/aromatic N) is 1. The fourth-order valence-corrected chi connectivity index (χ4v) is 6.60. The molecule has 0 fully saturated rings. The highest BCUT2D eigenvalue weighted by atomic mass is 35.5. The molecule has 0 aromatic heterocycles. The van der Waals surface area contributed by atoms with Gasteiger partial charge in [0.15, 0.2) is 0 Å². The highest BCUT2D eigenvalue weighted by molar-refractivity contribution is 6.60. The van der Waals surface area contributed by atoms with Gasteiger partial charge in [0.25, 0.3) is 0 Å². The fourth-order valence-electron chi connectivity index (χ4n) is 2.70. The van der Waals surface area contributed by atoms with E-state index in [0.717, 1.165) is 4.90 Å². The van der Waals surface area contributed by atoms with Gasteiger partial charge in [-0.1, -0.05) is 174 Å². The minimum absolute atomic E-state index is 0.126. The lowest BCUT2D eigenvalue weighted by Gasteiger charge is -2.32. The largest absolute Gasteiger partial charge is 0.301 e. The Morgan fingerprint density at radius 2 is 0.324 bits per heavy atom. The molecule has 34 heavy (non-hydrogen) atoms. The summed E-state index contributed by atoms with van der Waals surface area (Å²) in [5, 5.41) is -2.64. The van der Waals surface area contributed by atoms with Crippen LogP contribution in [-0.2, 0) is 0 Å². The second-order valence-corrected chi connectivity index (χ2v) is 11.8. The van der Waals surface area contributed by atoms with Crippen LogP contribution >= 0.6 is 174 Å². The molecule has 16 heteroatoms. The molecule has 3 aromatic carbocycles. The molecule has 0 amide bonds. The summed E-state index contributed by atoms with van der Waals surface area (Å²) in [5.41, 5.74) is -0.377. The maximum Gasteiger partial charge on any atom is 0.0869 e. The average molecular weight is 762 g/mol. The van der Waals surface area contributed by atoms with Gasteiger partial charge in [-0.05, 0) is 0 Å². The summed E-state index contributed by atoms with van der Waals surface area (Å²) in [5.74, 6) is 0. The highest BCUT2D eigenvalue weighted by Gasteiger charge is 2.35. The molecule has 0 heterocycles. The van der Waals surface area contributed by atoms with Crippen LogP contribution in [0.2, 0.25) is 75.3 Å². The first-order valence-electron chi connectivity index (χ1n) is 8.01. The molecular formula is C18Cl15N. The SMILES string of the molecule is Clc1c(Cl)c(Cl)c(N(c2c(Cl)c(Cl)c(Cl)c(Cl)c2Cl)c2c(Cl)c(Cl)c(Cl)c(Cl)c2Cl)c(Cl)c1Cl. The summed E-state index contributed by atoms with van der Waals surface area (Å²) < 4.78 is 0. The Balaban J connectivity index is 2.68. The Morgan fingerprint density at radius 1 is 0.206 bits per heavy atom. The van der Waals surface area contributed by atoms with E-state index >= 15 is 0 Å². The van der Waals surface area contributed by atoms with Gasteiger partial charge in [0, 0.05) is 0 Å². The Bertz CT molecular complexity index is 1110. The average Bonchev–Trinajstić information content (AvgIpc) is 2.81. The zero-order valence-electron chi connectivity index (χ0n) is 15.1. The van der Waals surface area contributed by atoms with Crippen LogP contribution in [0.15, 0.2) is 0 Å². The van der Waals surface area contributed by atoms with Crippen molar-refractivity contribution in [1.82, 2.24) is 0 Å². The molecule has 0 saturated carbocycles. The van der Waals surface area contributed by atoms with Gasteiger partial charge in [-0.2, -0.15) is 0 Å². The molecule has 0 atom stereocenters. The van der Waals surface area contributed by atoms with Crippen LogP contribution in [0, 0.1) is 0 Å². The summed E-state index contributed by atoms with van der Waals surface area (Å²) in [6, 6.07) is 0. The molecule has 182 valence electrons. The summed E-state index contributed by atoms with van der Waals surface area (Å²) in [6.07, 6.45) is 0. The standard InChI is InChI=1S/C18Cl15N/c19-1-4(22)10(28)16(11(29)5(1)23)34(17-12(30)6(24)2(20)7(25)13(17)31)18-14(32)8(26)3(21)9(27)15(18)33. The Morgan fingerprint density at radius 3 is 0.471 bits per heavy atom. The van der Waals surface area contributed by atoms with E-state index in [4.69, 9.17) is 174 Å². The number of benzene rings is 3. The first kappa shape index (κ1) is 30.4. The number of hydrogen-bond acceptors (Lipinski definition) is 1. The summed E-state index contributed by atoms with van der Waals surface area (Å²) >= 11 is 95.5. The first-order valence-corrected chi connectivity index (χ1v) is 13.7. The minimum Gasteiger partial charge on any atom is -0.301 e. The van der Waals surface area contributed by atoms with Gasteiger partial charge in [-0.15, -0.1) is 0 Å². The lowest BCUT2D eigenvalue weighted by molar-refractivity contribution is 1.28. The normalized spacial score (nSPS) is 11.4. The van der Waals surface area contributed by atoms with Gasteiger partial charge < -0.3 is 4.90 Å². The van der Waals surface area contributed by atoms with Crippen molar-refractivity contribution in [3.63, 3.8) is 0 Å². The molecule has 1 nitrogen and oxygen atoms in total. The molecule has 0 saturated heterocycles. The highest BCUT2D eigenvalue weighted by Crippen LogP contribution is 2.61. The molecule has 0 aliphatic rings. The van der Waals surface area contributed by atoms with Gasteiger partial charge >= 0.3 is 0 Å². The second-order valence-electron chi connectivity index (χ2n) is 6.09. The van der Waals surface area contributed by atoms with Crippen molar-refractivity contribution in [3.8, 4) is 0 Å². The predicted molar refractivity (Wildman–Crippen MR) is 156 cm³/mol. The monoisotopic (exact) mass is 755 g/mol. The van der Waals surface area contributed by atoms with Crippen LogP contribution in [0.3, 0.4) is 0 Å². The van der Waals surface area contributed by atoms with Crippen LogP contribution in [0.4, 0.5) is 17.1 Å². The third-order valence-corrected chi connectivity index (χ3v) is 11.0. The molecule has 0 N–H and O–H groups in total. The van der Waals surface area contributed by atoms with Crippen molar-refractivity contribution in [1.29, 1.82) is 0 Å². The van der Waals surface area contributed by atoms with Crippen molar-refractivity contribution >= 4 is 191 Å². The quantitative estimate of drug-likeness (QED) is 0.190.